The molecule has 0 aliphatic carbocycles. The zero-order valence-electron chi connectivity index (χ0n) is 16.0. The number of esters is 1. The fourth-order valence-electron chi connectivity index (χ4n) is 3.40. The van der Waals surface area contributed by atoms with E-state index in [0.29, 0.717) is 43.5 Å². The van der Waals surface area contributed by atoms with E-state index in [1.165, 1.54) is 7.11 Å². The molecule has 9 nitrogen and oxygen atoms in total. The molecular formula is C19H24N4O5. The average molecular weight is 388 g/mol. The van der Waals surface area contributed by atoms with Crippen molar-refractivity contribution in [1.29, 1.82) is 0 Å². The van der Waals surface area contributed by atoms with E-state index in [1.807, 2.05) is 17.0 Å². The SMILES string of the molecule is CCOC(=O)C1C(=O)NC(N2CCN(C=O)CC2)=NC1c1ccccc1OC. The lowest BCUT2D eigenvalue weighted by molar-refractivity contribution is -0.153. The second-order valence-electron chi connectivity index (χ2n) is 6.49. The van der Waals surface area contributed by atoms with Crippen molar-refractivity contribution in [2.75, 3.05) is 39.9 Å². The van der Waals surface area contributed by atoms with Crippen LogP contribution < -0.4 is 10.1 Å². The highest BCUT2D eigenvalue weighted by molar-refractivity contribution is 6.08. The van der Waals surface area contributed by atoms with Gasteiger partial charge in [-0.15, -0.1) is 0 Å². The molecule has 1 saturated heterocycles. The Kier molecular flexibility index (Phi) is 6.13. The minimum Gasteiger partial charge on any atom is -0.496 e. The number of hydrogen-bond donors (Lipinski definition) is 1. The van der Waals surface area contributed by atoms with Gasteiger partial charge in [-0.1, -0.05) is 18.2 Å². The molecule has 2 aliphatic heterocycles. The van der Waals surface area contributed by atoms with Crippen LogP contribution in [0.25, 0.3) is 0 Å². The fourth-order valence-corrected chi connectivity index (χ4v) is 3.40. The number of carbonyl (C=O) groups is 3. The van der Waals surface area contributed by atoms with E-state index in [-0.39, 0.29) is 6.61 Å². The van der Waals surface area contributed by atoms with Gasteiger partial charge in [-0.2, -0.15) is 0 Å². The first kappa shape index (κ1) is 19.7. The van der Waals surface area contributed by atoms with Crippen molar-refractivity contribution in [3.63, 3.8) is 0 Å². The molecule has 1 N–H and O–H groups in total. The molecule has 0 spiro atoms. The van der Waals surface area contributed by atoms with Crippen molar-refractivity contribution in [1.82, 2.24) is 15.1 Å². The maximum absolute atomic E-state index is 12.8. The van der Waals surface area contributed by atoms with Gasteiger partial charge in [-0.05, 0) is 13.0 Å². The lowest BCUT2D eigenvalue weighted by Crippen LogP contribution is -2.57. The number of ether oxygens (including phenoxy) is 2. The van der Waals surface area contributed by atoms with Gasteiger partial charge in [0.2, 0.25) is 18.3 Å². The molecule has 0 radical (unpaired) electrons. The Hall–Kier alpha value is -3.10. The van der Waals surface area contributed by atoms with Gasteiger partial charge < -0.3 is 19.3 Å². The van der Waals surface area contributed by atoms with Crippen LogP contribution in [0.15, 0.2) is 29.3 Å². The molecule has 2 amide bonds. The Bertz CT molecular complexity index is 773. The topological polar surface area (TPSA) is 101 Å². The maximum Gasteiger partial charge on any atom is 0.321 e. The van der Waals surface area contributed by atoms with E-state index in [2.05, 4.69) is 5.32 Å². The van der Waals surface area contributed by atoms with Gasteiger partial charge in [0, 0.05) is 31.7 Å². The van der Waals surface area contributed by atoms with E-state index in [4.69, 9.17) is 14.5 Å². The zero-order chi connectivity index (χ0) is 20.1. The first-order valence-corrected chi connectivity index (χ1v) is 9.21. The quantitative estimate of drug-likeness (QED) is 0.439. The van der Waals surface area contributed by atoms with Gasteiger partial charge in [0.1, 0.15) is 11.8 Å². The van der Waals surface area contributed by atoms with Gasteiger partial charge >= 0.3 is 5.97 Å². The van der Waals surface area contributed by atoms with Crippen molar-refractivity contribution in [3.05, 3.63) is 29.8 Å². The molecule has 0 saturated carbocycles. The Morgan fingerprint density at radius 1 is 1.29 bits per heavy atom. The second-order valence-corrected chi connectivity index (χ2v) is 6.49. The summed E-state index contributed by atoms with van der Waals surface area (Å²) < 4.78 is 10.5. The molecule has 0 bridgehead atoms. The lowest BCUT2D eigenvalue weighted by atomic mass is 9.90. The number of para-hydroxylation sites is 1. The van der Waals surface area contributed by atoms with Crippen LogP contribution in [0, 0.1) is 5.92 Å². The highest BCUT2D eigenvalue weighted by atomic mass is 16.5. The van der Waals surface area contributed by atoms with E-state index in [1.54, 1.807) is 24.0 Å². The Balaban J connectivity index is 1.96. The molecule has 1 fully saturated rings. The van der Waals surface area contributed by atoms with Gasteiger partial charge in [-0.3, -0.25) is 19.7 Å². The summed E-state index contributed by atoms with van der Waals surface area (Å²) in [7, 11) is 1.53. The Labute approximate surface area is 163 Å². The largest absolute Gasteiger partial charge is 0.496 e. The molecule has 2 atom stereocenters. The number of carbonyl (C=O) groups excluding carboxylic acids is 3. The van der Waals surface area contributed by atoms with Gasteiger partial charge in [0.25, 0.3) is 0 Å². The van der Waals surface area contributed by atoms with Crippen LogP contribution in [0.5, 0.6) is 5.75 Å². The second kappa shape index (κ2) is 8.73. The molecule has 0 aromatic heterocycles. The van der Waals surface area contributed by atoms with Gasteiger partial charge in [-0.25, -0.2) is 4.99 Å². The highest BCUT2D eigenvalue weighted by Gasteiger charge is 2.43. The van der Waals surface area contributed by atoms with Crippen LogP contribution in [0.1, 0.15) is 18.5 Å². The van der Waals surface area contributed by atoms with Gasteiger partial charge in [0.05, 0.1) is 13.7 Å². The third-order valence-electron chi connectivity index (χ3n) is 4.86. The Morgan fingerprint density at radius 3 is 2.64 bits per heavy atom. The minimum absolute atomic E-state index is 0.172. The number of guanidine groups is 1. The van der Waals surface area contributed by atoms with Crippen LogP contribution >= 0.6 is 0 Å². The third kappa shape index (κ3) is 3.92. The van der Waals surface area contributed by atoms with Gasteiger partial charge in [0.15, 0.2) is 5.92 Å². The van der Waals surface area contributed by atoms with Crippen molar-refractivity contribution in [3.8, 4) is 5.75 Å². The molecular weight excluding hydrogens is 364 g/mol. The lowest BCUT2D eigenvalue weighted by Gasteiger charge is -2.37. The van der Waals surface area contributed by atoms with E-state index < -0.39 is 23.8 Å². The smallest absolute Gasteiger partial charge is 0.321 e. The van der Waals surface area contributed by atoms with E-state index >= 15 is 0 Å². The number of aliphatic imine (C=N–C) groups is 1. The molecule has 1 aromatic carbocycles. The number of piperazine rings is 1. The van der Waals surface area contributed by atoms with E-state index in [9.17, 15) is 14.4 Å². The molecule has 2 heterocycles. The number of hydrogen-bond acceptors (Lipinski definition) is 7. The first-order chi connectivity index (χ1) is 13.6. The normalized spacial score (nSPS) is 22.2. The highest BCUT2D eigenvalue weighted by Crippen LogP contribution is 2.36. The first-order valence-electron chi connectivity index (χ1n) is 9.21. The summed E-state index contributed by atoms with van der Waals surface area (Å²) in [6, 6.07) is 6.42. The molecule has 2 unspecified atom stereocenters. The van der Waals surface area contributed by atoms with Crippen molar-refractivity contribution in [2.45, 2.75) is 13.0 Å². The molecule has 1 aromatic rings. The predicted octanol–water partition coefficient (Wildman–Crippen LogP) is 0.175. The van der Waals surface area contributed by atoms with Crippen molar-refractivity contribution >= 4 is 24.2 Å². The summed E-state index contributed by atoms with van der Waals surface area (Å²) >= 11 is 0. The minimum atomic E-state index is -1.10. The Morgan fingerprint density at radius 2 is 2.00 bits per heavy atom. The van der Waals surface area contributed by atoms with Crippen molar-refractivity contribution < 1.29 is 23.9 Å². The number of nitrogens with zero attached hydrogens (tertiary/aromatic N) is 3. The number of benzene rings is 1. The summed E-state index contributed by atoms with van der Waals surface area (Å²) in [6.45, 7) is 4.03. The summed E-state index contributed by atoms with van der Waals surface area (Å²) in [6.07, 6.45) is 0.813. The summed E-state index contributed by atoms with van der Waals surface area (Å²) in [5, 5.41) is 2.73. The summed E-state index contributed by atoms with van der Waals surface area (Å²) in [4.78, 5) is 44.5. The number of nitrogens with one attached hydrogen (secondary N) is 1. The van der Waals surface area contributed by atoms with Crippen LogP contribution in [-0.4, -0.2) is 73.9 Å². The zero-order valence-corrected chi connectivity index (χ0v) is 16.0. The van der Waals surface area contributed by atoms with E-state index in [0.717, 1.165) is 6.41 Å². The third-order valence-corrected chi connectivity index (χ3v) is 4.86. The summed E-state index contributed by atoms with van der Waals surface area (Å²) in [5.74, 6) is -1.24. The monoisotopic (exact) mass is 388 g/mol. The van der Waals surface area contributed by atoms with Crippen LogP contribution in [0.3, 0.4) is 0 Å². The predicted molar refractivity (Wildman–Crippen MR) is 101 cm³/mol. The number of rotatable bonds is 5. The molecule has 150 valence electrons. The van der Waals surface area contributed by atoms with Crippen LogP contribution in [-0.2, 0) is 19.1 Å². The van der Waals surface area contributed by atoms with Crippen LogP contribution in [0.2, 0.25) is 0 Å². The van der Waals surface area contributed by atoms with Crippen LogP contribution in [0.4, 0.5) is 0 Å². The average Bonchev–Trinajstić information content (AvgIpc) is 2.73. The molecule has 28 heavy (non-hydrogen) atoms. The number of methoxy groups -OCH3 is 1. The fraction of sp³-hybridized carbons (Fsp3) is 0.474. The molecule has 9 heteroatoms. The number of amides is 2. The molecule has 3 rings (SSSR count). The standard InChI is InChI=1S/C19H24N4O5/c1-3-28-18(26)15-16(13-6-4-5-7-14(13)27-2)20-19(21-17(15)25)23-10-8-22(12-24)9-11-23/h4-7,12,15-16H,3,8-11H2,1-2H3,(H,20,21,25). The summed E-state index contributed by atoms with van der Waals surface area (Å²) in [5.41, 5.74) is 0.641. The van der Waals surface area contributed by atoms with Crippen molar-refractivity contribution in [2.24, 2.45) is 10.9 Å². The molecule has 2 aliphatic rings. The maximum atomic E-state index is 12.8.